The van der Waals surface area contributed by atoms with E-state index in [9.17, 15) is 4.79 Å². The predicted molar refractivity (Wildman–Crippen MR) is 59.3 cm³/mol. The molecule has 0 aliphatic carbocycles. The summed E-state index contributed by atoms with van der Waals surface area (Å²) in [5, 5.41) is 0. The average molecular weight is 210 g/mol. The van der Waals surface area contributed by atoms with Crippen LogP contribution >= 0.6 is 11.8 Å². The summed E-state index contributed by atoms with van der Waals surface area (Å²) < 4.78 is 5.31. The second-order valence-corrected chi connectivity index (χ2v) is 4.26. The van der Waals surface area contributed by atoms with Gasteiger partial charge in [-0.2, -0.15) is 0 Å². The van der Waals surface area contributed by atoms with E-state index in [2.05, 4.69) is 0 Å². The third-order valence-electron chi connectivity index (χ3n) is 1.99. The summed E-state index contributed by atoms with van der Waals surface area (Å²) in [6.45, 7) is 2.00. The van der Waals surface area contributed by atoms with Gasteiger partial charge in [0.15, 0.2) is 11.2 Å². The quantitative estimate of drug-likeness (QED) is 0.551. The van der Waals surface area contributed by atoms with E-state index in [0.717, 1.165) is 17.6 Å². The van der Waals surface area contributed by atoms with Gasteiger partial charge in [-0.25, -0.2) is 0 Å². The topological polar surface area (TPSA) is 26.3 Å². The molecule has 0 bridgehead atoms. The van der Waals surface area contributed by atoms with Crippen LogP contribution in [0.1, 0.15) is 12.5 Å². The number of hydrogen-bond donors (Lipinski definition) is 0. The number of hydrogen-bond acceptors (Lipinski definition) is 3. The monoisotopic (exact) mass is 210 g/mol. The van der Waals surface area contributed by atoms with Gasteiger partial charge in [-0.3, -0.25) is 4.79 Å². The van der Waals surface area contributed by atoms with Gasteiger partial charge in [0.2, 0.25) is 0 Å². The van der Waals surface area contributed by atoms with Crippen LogP contribution in [0, 0.1) is 0 Å². The Labute approximate surface area is 88.7 Å². The van der Waals surface area contributed by atoms with Gasteiger partial charge in [0, 0.05) is 12.7 Å². The summed E-state index contributed by atoms with van der Waals surface area (Å²) in [5.41, 5.74) is 0.893. The average Bonchev–Trinajstić information content (AvgIpc) is 2.27. The first kappa shape index (κ1) is 11.3. The number of carbonyl (C=O) groups excluding carboxylic acids is 1. The van der Waals surface area contributed by atoms with Crippen LogP contribution in [0.3, 0.4) is 0 Å². The summed E-state index contributed by atoms with van der Waals surface area (Å²) >= 11 is 1.49. The Bertz CT molecular complexity index is 287. The second-order valence-electron chi connectivity index (χ2n) is 2.79. The Morgan fingerprint density at radius 2 is 2.07 bits per heavy atom. The van der Waals surface area contributed by atoms with Crippen molar-refractivity contribution in [2.75, 3.05) is 12.9 Å². The van der Waals surface area contributed by atoms with Gasteiger partial charge < -0.3 is 4.74 Å². The lowest BCUT2D eigenvalue weighted by Gasteiger charge is -2.25. The minimum atomic E-state index is -0.837. The van der Waals surface area contributed by atoms with Crippen LogP contribution in [0.15, 0.2) is 30.3 Å². The number of benzene rings is 1. The molecule has 0 aliphatic rings. The molecule has 0 N–H and O–H groups in total. The first-order valence-electron chi connectivity index (χ1n) is 4.50. The van der Waals surface area contributed by atoms with Crippen molar-refractivity contribution < 1.29 is 9.53 Å². The summed E-state index contributed by atoms with van der Waals surface area (Å²) in [7, 11) is 1.56. The first-order valence-corrected chi connectivity index (χ1v) is 5.48. The van der Waals surface area contributed by atoms with Gasteiger partial charge in [-0.05, 0) is 5.75 Å². The second kappa shape index (κ2) is 5.17. The van der Waals surface area contributed by atoms with Crippen molar-refractivity contribution >= 4 is 18.0 Å². The van der Waals surface area contributed by atoms with E-state index in [1.807, 2.05) is 37.3 Å². The van der Waals surface area contributed by atoms with E-state index >= 15 is 0 Å². The molecular weight excluding hydrogens is 196 g/mol. The van der Waals surface area contributed by atoms with Crippen LogP contribution in [0.25, 0.3) is 0 Å². The molecule has 14 heavy (non-hydrogen) atoms. The SMILES string of the molecule is CCSC(C=O)(OC)c1ccccc1. The molecule has 0 saturated heterocycles. The van der Waals surface area contributed by atoms with Crippen molar-refractivity contribution in [3.63, 3.8) is 0 Å². The van der Waals surface area contributed by atoms with Crippen LogP contribution in [0.5, 0.6) is 0 Å². The Morgan fingerprint density at radius 1 is 1.43 bits per heavy atom. The first-order chi connectivity index (χ1) is 6.79. The maximum Gasteiger partial charge on any atom is 0.194 e. The van der Waals surface area contributed by atoms with E-state index in [0.29, 0.717) is 0 Å². The lowest BCUT2D eigenvalue weighted by molar-refractivity contribution is -0.119. The van der Waals surface area contributed by atoms with Crippen molar-refractivity contribution in [3.05, 3.63) is 35.9 Å². The minimum Gasteiger partial charge on any atom is -0.356 e. The molecule has 1 aromatic rings. The van der Waals surface area contributed by atoms with Crippen LogP contribution < -0.4 is 0 Å². The number of aldehydes is 1. The van der Waals surface area contributed by atoms with Crippen LogP contribution in [0.2, 0.25) is 0 Å². The molecule has 1 aromatic carbocycles. The molecule has 76 valence electrons. The minimum absolute atomic E-state index is 0.835. The smallest absolute Gasteiger partial charge is 0.194 e. The van der Waals surface area contributed by atoms with Gasteiger partial charge in [-0.1, -0.05) is 37.3 Å². The third kappa shape index (κ3) is 2.16. The molecule has 3 heteroatoms. The summed E-state index contributed by atoms with van der Waals surface area (Å²) in [6, 6.07) is 9.54. The van der Waals surface area contributed by atoms with E-state index in [4.69, 9.17) is 4.74 Å². The summed E-state index contributed by atoms with van der Waals surface area (Å²) in [5.74, 6) is 0.835. The number of thioether (sulfide) groups is 1. The van der Waals surface area contributed by atoms with E-state index < -0.39 is 4.93 Å². The fourth-order valence-electron chi connectivity index (χ4n) is 1.30. The van der Waals surface area contributed by atoms with E-state index in [1.165, 1.54) is 11.8 Å². The molecule has 2 nitrogen and oxygen atoms in total. The molecule has 0 heterocycles. The molecule has 0 aromatic heterocycles. The maximum atomic E-state index is 11.1. The lowest BCUT2D eigenvalue weighted by Crippen LogP contribution is -2.26. The molecule has 1 rings (SSSR count). The molecule has 0 spiro atoms. The zero-order valence-electron chi connectivity index (χ0n) is 8.40. The number of rotatable bonds is 5. The van der Waals surface area contributed by atoms with Gasteiger partial charge in [0.25, 0.3) is 0 Å². The Balaban J connectivity index is 3.04. The highest BCUT2D eigenvalue weighted by Crippen LogP contribution is 2.34. The molecule has 0 saturated carbocycles. The molecule has 1 atom stereocenters. The highest BCUT2D eigenvalue weighted by molar-refractivity contribution is 8.00. The molecule has 0 fully saturated rings. The van der Waals surface area contributed by atoms with Gasteiger partial charge in [0.1, 0.15) is 0 Å². The molecule has 0 radical (unpaired) electrons. The zero-order valence-corrected chi connectivity index (χ0v) is 9.21. The lowest BCUT2D eigenvalue weighted by atomic mass is 10.1. The molecule has 1 unspecified atom stereocenters. The Hall–Kier alpha value is -0.800. The van der Waals surface area contributed by atoms with E-state index in [1.54, 1.807) is 7.11 Å². The number of methoxy groups -OCH3 is 1. The zero-order chi connectivity index (χ0) is 10.4. The van der Waals surface area contributed by atoms with Crippen molar-refractivity contribution in [3.8, 4) is 0 Å². The highest BCUT2D eigenvalue weighted by atomic mass is 32.2. The Kier molecular flexibility index (Phi) is 4.17. The normalized spacial score (nSPS) is 14.7. The predicted octanol–water partition coefficient (Wildman–Crippen LogP) is 2.44. The number of ether oxygens (including phenoxy) is 1. The molecular formula is C11H14O2S. The van der Waals surface area contributed by atoms with Crippen molar-refractivity contribution in [2.45, 2.75) is 11.9 Å². The summed E-state index contributed by atoms with van der Waals surface area (Å²) in [4.78, 5) is 10.3. The van der Waals surface area contributed by atoms with E-state index in [-0.39, 0.29) is 0 Å². The maximum absolute atomic E-state index is 11.1. The van der Waals surface area contributed by atoms with Gasteiger partial charge >= 0.3 is 0 Å². The largest absolute Gasteiger partial charge is 0.356 e. The van der Waals surface area contributed by atoms with Crippen LogP contribution in [-0.2, 0) is 14.5 Å². The summed E-state index contributed by atoms with van der Waals surface area (Å²) in [6.07, 6.45) is 0.858. The fourth-order valence-corrected chi connectivity index (χ4v) is 2.21. The van der Waals surface area contributed by atoms with Gasteiger partial charge in [-0.15, -0.1) is 11.8 Å². The van der Waals surface area contributed by atoms with Gasteiger partial charge in [0.05, 0.1) is 0 Å². The fraction of sp³-hybridized carbons (Fsp3) is 0.364. The van der Waals surface area contributed by atoms with Crippen molar-refractivity contribution in [1.29, 1.82) is 0 Å². The standard InChI is InChI=1S/C11H14O2S/c1-3-14-11(9-12,13-2)10-7-5-4-6-8-10/h4-9H,3H2,1-2H3. The van der Waals surface area contributed by atoms with Crippen molar-refractivity contribution in [2.24, 2.45) is 0 Å². The van der Waals surface area contributed by atoms with Crippen LogP contribution in [0.4, 0.5) is 0 Å². The number of carbonyl (C=O) groups is 1. The van der Waals surface area contributed by atoms with Crippen LogP contribution in [-0.4, -0.2) is 19.1 Å². The third-order valence-corrected chi connectivity index (χ3v) is 3.21. The Morgan fingerprint density at radius 3 is 2.50 bits per heavy atom. The highest BCUT2D eigenvalue weighted by Gasteiger charge is 2.31. The van der Waals surface area contributed by atoms with Crippen molar-refractivity contribution in [1.82, 2.24) is 0 Å². The molecule has 0 amide bonds. The molecule has 0 aliphatic heterocycles.